The Balaban J connectivity index is 2.22. The number of aldehydes is 1. The van der Waals surface area contributed by atoms with Crippen LogP contribution in [0.5, 0.6) is 0 Å². The Hall–Kier alpha value is -0.510. The molecule has 68 valence electrons. The van der Waals surface area contributed by atoms with E-state index in [9.17, 15) is 13.6 Å². The Morgan fingerprint density at radius 2 is 2.17 bits per heavy atom. The second-order valence-corrected chi connectivity index (χ2v) is 3.81. The molecular weight excluding hydrogens is 166 g/mol. The number of rotatable bonds is 2. The van der Waals surface area contributed by atoms with Crippen LogP contribution in [0.3, 0.4) is 0 Å². The van der Waals surface area contributed by atoms with Gasteiger partial charge < -0.3 is 9.53 Å². The van der Waals surface area contributed by atoms with Crippen LogP contribution in [0, 0.1) is 5.41 Å². The molecular formula is C8H10F2O2. The van der Waals surface area contributed by atoms with E-state index in [4.69, 9.17) is 4.74 Å². The van der Waals surface area contributed by atoms with Crippen LogP contribution in [0.4, 0.5) is 8.78 Å². The third-order valence-electron chi connectivity index (χ3n) is 2.99. The third kappa shape index (κ3) is 0.843. The van der Waals surface area contributed by atoms with Gasteiger partial charge in [-0.3, -0.25) is 0 Å². The average molecular weight is 176 g/mol. The predicted molar refractivity (Wildman–Crippen MR) is 37.0 cm³/mol. The van der Waals surface area contributed by atoms with Crippen molar-refractivity contribution in [1.82, 2.24) is 0 Å². The Bertz CT molecular complexity index is 207. The van der Waals surface area contributed by atoms with Crippen LogP contribution in [0.25, 0.3) is 0 Å². The number of ether oxygens (including phenoxy) is 1. The number of hydrogen-bond acceptors (Lipinski definition) is 2. The van der Waals surface area contributed by atoms with Crippen molar-refractivity contribution in [2.75, 3.05) is 6.61 Å². The topological polar surface area (TPSA) is 26.3 Å². The van der Waals surface area contributed by atoms with Crippen molar-refractivity contribution in [3.63, 3.8) is 0 Å². The van der Waals surface area contributed by atoms with E-state index in [1.54, 1.807) is 0 Å². The number of carbonyl (C=O) groups excluding carboxylic acids is 1. The summed E-state index contributed by atoms with van der Waals surface area (Å²) >= 11 is 0. The predicted octanol–water partition coefficient (Wildman–Crippen LogP) is 1.39. The SMILES string of the molecule is O=CC12CCC(C(F)F)(C1)OC2. The van der Waals surface area contributed by atoms with E-state index in [0.29, 0.717) is 12.8 Å². The summed E-state index contributed by atoms with van der Waals surface area (Å²) < 4.78 is 30.0. The van der Waals surface area contributed by atoms with Gasteiger partial charge in [0, 0.05) is 0 Å². The van der Waals surface area contributed by atoms with E-state index in [-0.39, 0.29) is 13.0 Å². The second-order valence-electron chi connectivity index (χ2n) is 3.81. The molecule has 1 heterocycles. The maximum atomic E-state index is 12.5. The number of alkyl halides is 2. The van der Waals surface area contributed by atoms with E-state index < -0.39 is 17.4 Å². The van der Waals surface area contributed by atoms with Crippen LogP contribution < -0.4 is 0 Å². The maximum Gasteiger partial charge on any atom is 0.267 e. The molecule has 2 bridgehead atoms. The van der Waals surface area contributed by atoms with Crippen LogP contribution in [-0.2, 0) is 9.53 Å². The lowest BCUT2D eigenvalue weighted by atomic mass is 9.90. The quantitative estimate of drug-likeness (QED) is 0.594. The van der Waals surface area contributed by atoms with Gasteiger partial charge in [-0.05, 0) is 19.3 Å². The molecule has 4 heteroatoms. The van der Waals surface area contributed by atoms with Crippen molar-refractivity contribution in [3.05, 3.63) is 0 Å². The van der Waals surface area contributed by atoms with Gasteiger partial charge in [-0.15, -0.1) is 0 Å². The molecule has 0 radical (unpaired) electrons. The molecule has 1 aliphatic heterocycles. The zero-order valence-electron chi connectivity index (χ0n) is 6.56. The largest absolute Gasteiger partial charge is 0.368 e. The van der Waals surface area contributed by atoms with Crippen molar-refractivity contribution >= 4 is 6.29 Å². The van der Waals surface area contributed by atoms with Crippen molar-refractivity contribution in [3.8, 4) is 0 Å². The number of halogens is 2. The Morgan fingerprint density at radius 3 is 2.42 bits per heavy atom. The molecule has 1 aliphatic carbocycles. The first-order chi connectivity index (χ1) is 5.63. The zero-order valence-corrected chi connectivity index (χ0v) is 6.56. The molecule has 2 atom stereocenters. The summed E-state index contributed by atoms with van der Waals surface area (Å²) in [5.41, 5.74) is -1.88. The highest BCUT2D eigenvalue weighted by Crippen LogP contribution is 2.54. The number of carbonyl (C=O) groups is 1. The molecule has 0 aromatic carbocycles. The molecule has 0 N–H and O–H groups in total. The summed E-state index contributed by atoms with van der Waals surface area (Å²) in [4.78, 5) is 10.6. The molecule has 0 amide bonds. The molecule has 0 aromatic heterocycles. The first kappa shape index (κ1) is 8.10. The van der Waals surface area contributed by atoms with Gasteiger partial charge in [-0.25, -0.2) is 8.78 Å². The molecule has 1 saturated carbocycles. The van der Waals surface area contributed by atoms with E-state index in [0.717, 1.165) is 6.29 Å². The van der Waals surface area contributed by atoms with Crippen molar-refractivity contribution in [2.45, 2.75) is 31.3 Å². The van der Waals surface area contributed by atoms with Crippen molar-refractivity contribution < 1.29 is 18.3 Å². The summed E-state index contributed by atoms with van der Waals surface area (Å²) in [7, 11) is 0. The minimum Gasteiger partial charge on any atom is -0.368 e. The summed E-state index contributed by atoms with van der Waals surface area (Å²) in [6, 6.07) is 0. The lowest BCUT2D eigenvalue weighted by molar-refractivity contribution is -0.128. The first-order valence-electron chi connectivity index (χ1n) is 4.01. The lowest BCUT2D eigenvalue weighted by Gasteiger charge is -2.25. The highest BCUT2D eigenvalue weighted by Gasteiger charge is 2.60. The van der Waals surface area contributed by atoms with Gasteiger partial charge in [0.15, 0.2) is 0 Å². The molecule has 1 saturated heterocycles. The second kappa shape index (κ2) is 2.25. The monoisotopic (exact) mass is 176 g/mol. The smallest absolute Gasteiger partial charge is 0.267 e. The van der Waals surface area contributed by atoms with Gasteiger partial charge in [0.25, 0.3) is 6.43 Å². The summed E-state index contributed by atoms with van der Waals surface area (Å²) in [5.74, 6) is 0. The average Bonchev–Trinajstić information content (AvgIpc) is 2.61. The minimum atomic E-state index is -2.46. The number of fused-ring (bicyclic) bond motifs is 2. The molecule has 2 aliphatic rings. The minimum absolute atomic E-state index is 0.181. The molecule has 0 aromatic rings. The summed E-state index contributed by atoms with van der Waals surface area (Å²) in [6.07, 6.45) is -0.586. The van der Waals surface area contributed by atoms with Gasteiger partial charge in [0.05, 0.1) is 12.0 Å². The van der Waals surface area contributed by atoms with E-state index >= 15 is 0 Å². The fraction of sp³-hybridized carbons (Fsp3) is 0.875. The van der Waals surface area contributed by atoms with Crippen LogP contribution >= 0.6 is 0 Å². The Labute approximate surface area is 68.9 Å². The Morgan fingerprint density at radius 1 is 1.42 bits per heavy atom. The van der Waals surface area contributed by atoms with E-state index in [2.05, 4.69) is 0 Å². The fourth-order valence-electron chi connectivity index (χ4n) is 2.15. The molecule has 2 nitrogen and oxygen atoms in total. The lowest BCUT2D eigenvalue weighted by Crippen LogP contribution is -2.35. The van der Waals surface area contributed by atoms with Crippen LogP contribution in [-0.4, -0.2) is 24.9 Å². The normalized spacial score (nSPS) is 45.6. The number of hydrogen-bond donors (Lipinski definition) is 0. The third-order valence-corrected chi connectivity index (χ3v) is 2.99. The molecule has 2 rings (SSSR count). The van der Waals surface area contributed by atoms with Crippen LogP contribution in [0.2, 0.25) is 0 Å². The molecule has 12 heavy (non-hydrogen) atoms. The van der Waals surface area contributed by atoms with Crippen LogP contribution in [0.1, 0.15) is 19.3 Å². The first-order valence-corrected chi connectivity index (χ1v) is 4.01. The van der Waals surface area contributed by atoms with Crippen molar-refractivity contribution in [1.29, 1.82) is 0 Å². The fourth-order valence-corrected chi connectivity index (χ4v) is 2.15. The molecule has 0 spiro atoms. The highest BCUT2D eigenvalue weighted by molar-refractivity contribution is 5.61. The van der Waals surface area contributed by atoms with Crippen LogP contribution in [0.15, 0.2) is 0 Å². The maximum absolute atomic E-state index is 12.5. The molecule has 2 fully saturated rings. The Kier molecular flexibility index (Phi) is 1.52. The summed E-state index contributed by atoms with van der Waals surface area (Å²) in [5, 5.41) is 0. The van der Waals surface area contributed by atoms with Gasteiger partial charge >= 0.3 is 0 Å². The van der Waals surface area contributed by atoms with Crippen molar-refractivity contribution in [2.24, 2.45) is 5.41 Å². The highest BCUT2D eigenvalue weighted by atomic mass is 19.3. The standard InChI is InChI=1S/C8H10F2O2/c9-6(10)8-2-1-7(3-8,4-11)5-12-8/h4,6H,1-3,5H2. The van der Waals surface area contributed by atoms with Gasteiger partial charge in [-0.1, -0.05) is 0 Å². The summed E-state index contributed by atoms with van der Waals surface area (Å²) in [6.45, 7) is 0.181. The molecule has 2 unspecified atom stereocenters. The van der Waals surface area contributed by atoms with Gasteiger partial charge in [0.1, 0.15) is 11.9 Å². The zero-order chi connectivity index (χ0) is 8.82. The van der Waals surface area contributed by atoms with E-state index in [1.165, 1.54) is 0 Å². The van der Waals surface area contributed by atoms with Gasteiger partial charge in [0.2, 0.25) is 0 Å². The van der Waals surface area contributed by atoms with Gasteiger partial charge in [-0.2, -0.15) is 0 Å². The van der Waals surface area contributed by atoms with E-state index in [1.807, 2.05) is 0 Å².